The van der Waals surface area contributed by atoms with Gasteiger partial charge in [-0.2, -0.15) is 0 Å². The van der Waals surface area contributed by atoms with E-state index in [-0.39, 0.29) is 11.2 Å². The Kier molecular flexibility index (Phi) is 4.55. The molecule has 1 aliphatic rings. The first kappa shape index (κ1) is 15.2. The molecule has 0 aliphatic carbocycles. The molecule has 0 unspecified atom stereocenters. The molecule has 22 heavy (non-hydrogen) atoms. The minimum Gasteiger partial charge on any atom is -0.330 e. The van der Waals surface area contributed by atoms with Gasteiger partial charge < -0.3 is 5.73 Å². The minimum atomic E-state index is -0.183. The Bertz CT molecular complexity index is 587. The van der Waals surface area contributed by atoms with Gasteiger partial charge in [-0.1, -0.05) is 42.5 Å². The number of piperidine rings is 1. The van der Waals surface area contributed by atoms with Gasteiger partial charge in [-0.05, 0) is 49.2 Å². The van der Waals surface area contributed by atoms with E-state index in [9.17, 15) is 4.39 Å². The van der Waals surface area contributed by atoms with Crippen LogP contribution < -0.4 is 5.73 Å². The van der Waals surface area contributed by atoms with Crippen molar-refractivity contribution in [2.45, 2.75) is 24.8 Å². The second-order valence-electron chi connectivity index (χ2n) is 6.25. The summed E-state index contributed by atoms with van der Waals surface area (Å²) >= 11 is 0. The zero-order chi connectivity index (χ0) is 15.4. The molecule has 2 N–H and O–H groups in total. The summed E-state index contributed by atoms with van der Waals surface area (Å²) < 4.78 is 13.1. The second-order valence-corrected chi connectivity index (χ2v) is 6.25. The van der Waals surface area contributed by atoms with E-state index in [1.54, 1.807) is 12.1 Å². The zero-order valence-electron chi connectivity index (χ0n) is 12.8. The quantitative estimate of drug-likeness (QED) is 0.938. The van der Waals surface area contributed by atoms with Gasteiger partial charge in [0.25, 0.3) is 0 Å². The van der Waals surface area contributed by atoms with Crippen LogP contribution in [0.15, 0.2) is 54.6 Å². The first-order chi connectivity index (χ1) is 10.7. The van der Waals surface area contributed by atoms with Crippen molar-refractivity contribution in [1.29, 1.82) is 0 Å². The lowest BCUT2D eigenvalue weighted by atomic mass is 9.73. The third kappa shape index (κ3) is 3.21. The van der Waals surface area contributed by atoms with E-state index < -0.39 is 0 Å². The molecule has 3 heteroatoms. The predicted molar refractivity (Wildman–Crippen MR) is 88.1 cm³/mol. The Labute approximate surface area is 131 Å². The number of hydrogen-bond acceptors (Lipinski definition) is 2. The van der Waals surface area contributed by atoms with Gasteiger partial charge in [-0.15, -0.1) is 0 Å². The van der Waals surface area contributed by atoms with Gasteiger partial charge in [-0.3, -0.25) is 4.90 Å². The molecule has 1 heterocycles. The number of likely N-dealkylation sites (tertiary alicyclic amines) is 1. The first-order valence-corrected chi connectivity index (χ1v) is 7.94. The fourth-order valence-electron chi connectivity index (χ4n) is 3.39. The highest BCUT2D eigenvalue weighted by Gasteiger charge is 2.34. The fraction of sp³-hybridized carbons (Fsp3) is 0.368. The number of rotatable bonds is 4. The Morgan fingerprint density at radius 1 is 0.955 bits per heavy atom. The summed E-state index contributed by atoms with van der Waals surface area (Å²) in [4.78, 5) is 2.48. The Morgan fingerprint density at radius 3 is 2.18 bits per heavy atom. The van der Waals surface area contributed by atoms with Gasteiger partial charge in [0.2, 0.25) is 0 Å². The highest BCUT2D eigenvalue weighted by atomic mass is 19.1. The van der Waals surface area contributed by atoms with Crippen molar-refractivity contribution in [2.24, 2.45) is 5.73 Å². The average Bonchev–Trinajstić information content (AvgIpc) is 2.57. The van der Waals surface area contributed by atoms with E-state index in [2.05, 4.69) is 29.2 Å². The smallest absolute Gasteiger partial charge is 0.123 e. The molecule has 0 bridgehead atoms. The number of nitrogens with two attached hydrogens (primary N) is 1. The van der Waals surface area contributed by atoms with Crippen LogP contribution in [-0.2, 0) is 12.0 Å². The lowest BCUT2D eigenvalue weighted by molar-refractivity contribution is 0.156. The maximum absolute atomic E-state index is 13.1. The third-order valence-corrected chi connectivity index (χ3v) is 4.91. The van der Waals surface area contributed by atoms with Gasteiger partial charge in [0, 0.05) is 18.5 Å². The molecule has 0 amide bonds. The van der Waals surface area contributed by atoms with Crippen LogP contribution in [0, 0.1) is 5.82 Å². The SMILES string of the molecule is NCC1(c2ccc(F)cc2)CCN(Cc2ccccc2)CC1. The standard InChI is InChI=1S/C19H23FN2/c20-18-8-6-17(7-9-18)19(15-21)10-12-22(13-11-19)14-16-4-2-1-3-5-16/h1-9H,10-15,21H2. The van der Waals surface area contributed by atoms with Crippen LogP contribution in [0.5, 0.6) is 0 Å². The lowest BCUT2D eigenvalue weighted by Gasteiger charge is -2.41. The molecular formula is C19H23FN2. The van der Waals surface area contributed by atoms with Crippen LogP contribution in [0.3, 0.4) is 0 Å². The average molecular weight is 298 g/mol. The molecule has 2 aromatic rings. The molecule has 0 saturated carbocycles. The summed E-state index contributed by atoms with van der Waals surface area (Å²) in [5.74, 6) is -0.183. The Hall–Kier alpha value is -1.71. The van der Waals surface area contributed by atoms with E-state index in [4.69, 9.17) is 5.73 Å². The maximum Gasteiger partial charge on any atom is 0.123 e. The van der Waals surface area contributed by atoms with E-state index in [0.29, 0.717) is 6.54 Å². The van der Waals surface area contributed by atoms with Gasteiger partial charge in [0.15, 0.2) is 0 Å². The molecular weight excluding hydrogens is 275 g/mol. The topological polar surface area (TPSA) is 29.3 Å². The number of nitrogens with zero attached hydrogens (tertiary/aromatic N) is 1. The molecule has 2 aromatic carbocycles. The summed E-state index contributed by atoms with van der Waals surface area (Å²) in [7, 11) is 0. The monoisotopic (exact) mass is 298 g/mol. The Balaban J connectivity index is 1.67. The van der Waals surface area contributed by atoms with Crippen molar-refractivity contribution in [2.75, 3.05) is 19.6 Å². The first-order valence-electron chi connectivity index (χ1n) is 7.94. The molecule has 1 fully saturated rings. The number of halogens is 1. The highest BCUT2D eigenvalue weighted by Crippen LogP contribution is 2.35. The largest absolute Gasteiger partial charge is 0.330 e. The second kappa shape index (κ2) is 6.59. The van der Waals surface area contributed by atoms with Crippen LogP contribution in [0.1, 0.15) is 24.0 Å². The van der Waals surface area contributed by atoms with Crippen molar-refractivity contribution in [3.05, 3.63) is 71.5 Å². The van der Waals surface area contributed by atoms with Crippen molar-refractivity contribution in [3.63, 3.8) is 0 Å². The highest BCUT2D eigenvalue weighted by molar-refractivity contribution is 5.27. The molecule has 1 saturated heterocycles. The summed E-state index contributed by atoms with van der Waals surface area (Å²) in [5.41, 5.74) is 8.62. The molecule has 0 aromatic heterocycles. The van der Waals surface area contributed by atoms with E-state index in [1.165, 1.54) is 11.1 Å². The predicted octanol–water partition coefficient (Wildman–Crippen LogP) is 3.32. The molecule has 0 spiro atoms. The van der Waals surface area contributed by atoms with Gasteiger partial charge in [-0.25, -0.2) is 4.39 Å². The van der Waals surface area contributed by atoms with Crippen LogP contribution in [0.4, 0.5) is 4.39 Å². The molecule has 116 valence electrons. The van der Waals surface area contributed by atoms with Crippen molar-refractivity contribution in [3.8, 4) is 0 Å². The molecule has 3 rings (SSSR count). The van der Waals surface area contributed by atoms with Gasteiger partial charge >= 0.3 is 0 Å². The normalized spacial score (nSPS) is 18.3. The molecule has 0 radical (unpaired) electrons. The van der Waals surface area contributed by atoms with Crippen molar-refractivity contribution < 1.29 is 4.39 Å². The minimum absolute atomic E-state index is 0.000881. The van der Waals surface area contributed by atoms with Crippen LogP contribution in [0.2, 0.25) is 0 Å². The third-order valence-electron chi connectivity index (χ3n) is 4.91. The summed E-state index contributed by atoms with van der Waals surface area (Å²) in [6, 6.07) is 17.4. The van der Waals surface area contributed by atoms with Gasteiger partial charge in [0.05, 0.1) is 0 Å². The maximum atomic E-state index is 13.1. The van der Waals surface area contributed by atoms with Crippen molar-refractivity contribution in [1.82, 2.24) is 4.90 Å². The molecule has 0 atom stereocenters. The van der Waals surface area contributed by atoms with E-state index in [0.717, 1.165) is 32.5 Å². The summed E-state index contributed by atoms with van der Waals surface area (Å²) in [5, 5.41) is 0. The zero-order valence-corrected chi connectivity index (χ0v) is 12.8. The molecule has 1 aliphatic heterocycles. The van der Waals surface area contributed by atoms with Crippen LogP contribution in [-0.4, -0.2) is 24.5 Å². The van der Waals surface area contributed by atoms with Crippen LogP contribution >= 0.6 is 0 Å². The van der Waals surface area contributed by atoms with E-state index in [1.807, 2.05) is 18.2 Å². The van der Waals surface area contributed by atoms with E-state index >= 15 is 0 Å². The lowest BCUT2D eigenvalue weighted by Crippen LogP contribution is -2.46. The van der Waals surface area contributed by atoms with Gasteiger partial charge in [0.1, 0.15) is 5.82 Å². The van der Waals surface area contributed by atoms with Crippen LogP contribution in [0.25, 0.3) is 0 Å². The summed E-state index contributed by atoms with van der Waals surface area (Å²) in [6.07, 6.45) is 2.06. The fourth-order valence-corrected chi connectivity index (χ4v) is 3.39. The number of hydrogen-bond donors (Lipinski definition) is 1. The number of benzene rings is 2. The Morgan fingerprint density at radius 2 is 1.59 bits per heavy atom. The molecule has 2 nitrogen and oxygen atoms in total. The summed E-state index contributed by atoms with van der Waals surface area (Å²) in [6.45, 7) is 3.68. The van der Waals surface area contributed by atoms with Crippen molar-refractivity contribution >= 4 is 0 Å².